The summed E-state index contributed by atoms with van der Waals surface area (Å²) in [5, 5.41) is 12.2. The highest BCUT2D eigenvalue weighted by Crippen LogP contribution is 2.23. The van der Waals surface area contributed by atoms with E-state index in [1.807, 2.05) is 56.3 Å². The average molecular weight is 305 g/mol. The zero-order chi connectivity index (χ0) is 16.4. The highest BCUT2D eigenvalue weighted by molar-refractivity contribution is 6.02. The predicted molar refractivity (Wildman–Crippen MR) is 90.0 cm³/mol. The van der Waals surface area contributed by atoms with Crippen molar-refractivity contribution in [2.24, 2.45) is 0 Å². The van der Waals surface area contributed by atoms with Crippen LogP contribution in [0, 0.1) is 25.2 Å². The van der Waals surface area contributed by atoms with Crippen molar-refractivity contribution in [2.75, 3.05) is 0 Å². The first-order valence-electron chi connectivity index (χ1n) is 7.77. The van der Waals surface area contributed by atoms with Crippen molar-refractivity contribution < 1.29 is 4.79 Å². The number of amides is 1. The predicted octanol–water partition coefficient (Wildman–Crippen LogP) is 3.28. The molecule has 23 heavy (non-hydrogen) atoms. The Morgan fingerprint density at radius 2 is 2.00 bits per heavy atom. The lowest BCUT2D eigenvalue weighted by atomic mass is 10.1. The minimum absolute atomic E-state index is 0.158. The number of carbonyl (C=O) groups is 1. The quantitative estimate of drug-likeness (QED) is 0.696. The van der Waals surface area contributed by atoms with E-state index in [-0.39, 0.29) is 17.5 Å². The van der Waals surface area contributed by atoms with Gasteiger partial charge in [-0.25, -0.2) is 0 Å². The van der Waals surface area contributed by atoms with Crippen LogP contribution in [0.2, 0.25) is 0 Å². The van der Waals surface area contributed by atoms with E-state index in [4.69, 9.17) is 0 Å². The summed E-state index contributed by atoms with van der Waals surface area (Å²) in [6, 6.07) is 14.3. The normalized spacial score (nSPS) is 14.4. The van der Waals surface area contributed by atoms with Crippen molar-refractivity contribution in [1.29, 1.82) is 5.26 Å². The summed E-state index contributed by atoms with van der Waals surface area (Å²) in [6.45, 7) is 4.02. The molecule has 4 nitrogen and oxygen atoms in total. The molecule has 0 unspecified atom stereocenters. The second-order valence-corrected chi connectivity index (χ2v) is 5.91. The molecule has 0 saturated heterocycles. The van der Waals surface area contributed by atoms with Crippen LogP contribution in [0.3, 0.4) is 0 Å². The van der Waals surface area contributed by atoms with Gasteiger partial charge in [0.25, 0.3) is 5.91 Å². The maximum Gasteiger partial charge on any atom is 0.262 e. The Balaban J connectivity index is 1.95. The molecule has 1 heterocycles. The second-order valence-electron chi connectivity index (χ2n) is 5.91. The molecule has 0 radical (unpaired) electrons. The van der Waals surface area contributed by atoms with Gasteiger partial charge in [-0.2, -0.15) is 5.26 Å². The van der Waals surface area contributed by atoms with Gasteiger partial charge in [-0.05, 0) is 56.5 Å². The second kappa shape index (κ2) is 6.13. The highest BCUT2D eigenvalue weighted by atomic mass is 16.1. The maximum absolute atomic E-state index is 12.1. The van der Waals surface area contributed by atoms with Gasteiger partial charge < -0.3 is 9.88 Å². The number of aryl methyl sites for hydroxylation is 1. The summed E-state index contributed by atoms with van der Waals surface area (Å²) in [5.74, 6) is -0.278. The Morgan fingerprint density at radius 3 is 2.61 bits per heavy atom. The summed E-state index contributed by atoms with van der Waals surface area (Å²) in [5.41, 5.74) is 4.21. The summed E-state index contributed by atoms with van der Waals surface area (Å²) < 4.78 is 2.12. The monoisotopic (exact) mass is 305 g/mol. The number of hydrogen-bond donors (Lipinski definition) is 1. The largest absolute Gasteiger partial charge is 0.349 e. The average Bonchev–Trinajstić information content (AvgIpc) is 3.31. The fourth-order valence-corrected chi connectivity index (χ4v) is 2.70. The highest BCUT2D eigenvalue weighted by Gasteiger charge is 2.25. The lowest BCUT2D eigenvalue weighted by Gasteiger charge is -2.09. The van der Waals surface area contributed by atoms with Crippen molar-refractivity contribution in [3.63, 3.8) is 0 Å². The minimum Gasteiger partial charge on any atom is -0.349 e. The van der Waals surface area contributed by atoms with Crippen LogP contribution in [0.5, 0.6) is 0 Å². The molecular formula is C19H19N3O. The standard InChI is InChI=1S/C19H19N3O/c1-13-10-15(11-16(12-20)19(23)21-17-8-9-17)14(2)22(13)18-6-4-3-5-7-18/h3-7,10-11,17H,8-9H2,1-2H3,(H,21,23)/b16-11+. The lowest BCUT2D eigenvalue weighted by molar-refractivity contribution is -0.117. The summed E-state index contributed by atoms with van der Waals surface area (Å²) >= 11 is 0. The topological polar surface area (TPSA) is 57.8 Å². The van der Waals surface area contributed by atoms with Gasteiger partial charge in [-0.1, -0.05) is 18.2 Å². The van der Waals surface area contributed by atoms with E-state index in [1.54, 1.807) is 6.08 Å². The molecule has 1 aromatic heterocycles. The molecule has 1 aromatic carbocycles. The van der Waals surface area contributed by atoms with Gasteiger partial charge in [-0.3, -0.25) is 4.79 Å². The van der Waals surface area contributed by atoms with Crippen molar-refractivity contribution in [2.45, 2.75) is 32.7 Å². The van der Waals surface area contributed by atoms with E-state index in [1.165, 1.54) is 0 Å². The number of nitriles is 1. The smallest absolute Gasteiger partial charge is 0.262 e. The first kappa shape index (κ1) is 15.1. The third kappa shape index (κ3) is 3.19. The molecule has 1 N–H and O–H groups in total. The summed E-state index contributed by atoms with van der Waals surface area (Å²) in [4.78, 5) is 12.1. The van der Waals surface area contributed by atoms with E-state index >= 15 is 0 Å². The fourth-order valence-electron chi connectivity index (χ4n) is 2.70. The van der Waals surface area contributed by atoms with E-state index in [2.05, 4.69) is 9.88 Å². The zero-order valence-electron chi connectivity index (χ0n) is 13.3. The van der Waals surface area contributed by atoms with Crippen molar-refractivity contribution in [1.82, 2.24) is 9.88 Å². The van der Waals surface area contributed by atoms with Gasteiger partial charge in [0.1, 0.15) is 11.6 Å². The number of carbonyl (C=O) groups excluding carboxylic acids is 1. The van der Waals surface area contributed by atoms with Crippen LogP contribution in [-0.2, 0) is 4.79 Å². The van der Waals surface area contributed by atoms with Crippen LogP contribution < -0.4 is 5.32 Å². The third-order valence-corrected chi connectivity index (χ3v) is 4.06. The Hall–Kier alpha value is -2.80. The van der Waals surface area contributed by atoms with Crippen LogP contribution in [-0.4, -0.2) is 16.5 Å². The first-order chi connectivity index (χ1) is 11.1. The van der Waals surface area contributed by atoms with Gasteiger partial charge in [0.05, 0.1) is 0 Å². The Morgan fingerprint density at radius 1 is 1.30 bits per heavy atom. The SMILES string of the molecule is Cc1cc(/C=C(\C#N)C(=O)NC2CC2)c(C)n1-c1ccccc1. The molecule has 0 bridgehead atoms. The van der Waals surface area contributed by atoms with Gasteiger partial charge in [-0.15, -0.1) is 0 Å². The van der Waals surface area contributed by atoms with Gasteiger partial charge >= 0.3 is 0 Å². The zero-order valence-corrected chi connectivity index (χ0v) is 13.3. The van der Waals surface area contributed by atoms with Crippen LogP contribution >= 0.6 is 0 Å². The Bertz CT molecular complexity index is 805. The van der Waals surface area contributed by atoms with E-state index < -0.39 is 0 Å². The molecule has 2 aromatic rings. The van der Waals surface area contributed by atoms with Crippen LogP contribution in [0.25, 0.3) is 11.8 Å². The van der Waals surface area contributed by atoms with Crippen LogP contribution in [0.4, 0.5) is 0 Å². The number of aromatic nitrogens is 1. The van der Waals surface area contributed by atoms with E-state index in [0.717, 1.165) is 35.5 Å². The van der Waals surface area contributed by atoms with Crippen molar-refractivity contribution in [3.8, 4) is 11.8 Å². The molecule has 0 aliphatic heterocycles. The fraction of sp³-hybridized carbons (Fsp3) is 0.263. The molecule has 116 valence electrons. The maximum atomic E-state index is 12.1. The Kier molecular flexibility index (Phi) is 4.03. The number of para-hydroxylation sites is 1. The number of nitrogens with zero attached hydrogens (tertiary/aromatic N) is 2. The van der Waals surface area contributed by atoms with Gasteiger partial charge in [0, 0.05) is 23.1 Å². The number of hydrogen-bond acceptors (Lipinski definition) is 2. The number of rotatable bonds is 4. The summed E-state index contributed by atoms with van der Waals surface area (Å²) in [6.07, 6.45) is 3.69. The minimum atomic E-state index is -0.278. The molecule has 1 aliphatic rings. The lowest BCUT2D eigenvalue weighted by Crippen LogP contribution is -2.26. The van der Waals surface area contributed by atoms with Gasteiger partial charge in [0.2, 0.25) is 0 Å². The molecule has 0 spiro atoms. The van der Waals surface area contributed by atoms with Crippen LogP contribution in [0.15, 0.2) is 42.0 Å². The van der Waals surface area contributed by atoms with Crippen molar-refractivity contribution in [3.05, 3.63) is 58.9 Å². The molecule has 0 atom stereocenters. The first-order valence-corrected chi connectivity index (χ1v) is 7.77. The van der Waals surface area contributed by atoms with E-state index in [0.29, 0.717) is 0 Å². The van der Waals surface area contributed by atoms with Crippen LogP contribution in [0.1, 0.15) is 29.8 Å². The third-order valence-electron chi connectivity index (χ3n) is 4.06. The Labute approximate surface area is 136 Å². The summed E-state index contributed by atoms with van der Waals surface area (Å²) in [7, 11) is 0. The van der Waals surface area contributed by atoms with Crippen molar-refractivity contribution >= 4 is 12.0 Å². The molecule has 4 heteroatoms. The molecule has 1 aliphatic carbocycles. The molecule has 1 saturated carbocycles. The number of nitrogens with one attached hydrogen (secondary N) is 1. The molecule has 1 amide bonds. The van der Waals surface area contributed by atoms with Gasteiger partial charge in [0.15, 0.2) is 0 Å². The molecule has 3 rings (SSSR count). The van der Waals surface area contributed by atoms with E-state index in [9.17, 15) is 10.1 Å². The molecule has 1 fully saturated rings. The molecular weight excluding hydrogens is 286 g/mol. The number of benzene rings is 1.